The van der Waals surface area contributed by atoms with Gasteiger partial charge in [-0.05, 0) is 44.1 Å². The summed E-state index contributed by atoms with van der Waals surface area (Å²) in [6.07, 6.45) is 2.29. The summed E-state index contributed by atoms with van der Waals surface area (Å²) in [5.74, 6) is -0.702. The fraction of sp³-hybridized carbons (Fsp3) is 0.533. The van der Waals surface area contributed by atoms with Crippen LogP contribution in [0.4, 0.5) is 10.1 Å². The van der Waals surface area contributed by atoms with Gasteiger partial charge >= 0.3 is 0 Å². The van der Waals surface area contributed by atoms with Crippen LogP contribution < -0.4 is 5.73 Å². The fourth-order valence-corrected chi connectivity index (χ4v) is 2.80. The van der Waals surface area contributed by atoms with E-state index in [1.165, 1.54) is 18.6 Å². The summed E-state index contributed by atoms with van der Waals surface area (Å²) in [5, 5.41) is 0. The number of carbonyl (C=O) groups is 1. The highest BCUT2D eigenvalue weighted by atomic mass is 19.1. The molecule has 1 saturated heterocycles. The third kappa shape index (κ3) is 3.10. The number of nitrogen functional groups attached to an aromatic ring is 1. The van der Waals surface area contributed by atoms with Crippen LogP contribution in [0.3, 0.4) is 0 Å². The number of amides is 1. The molecule has 2 rings (SSSR count). The molecule has 0 aliphatic carbocycles. The Morgan fingerprint density at radius 1 is 1.55 bits per heavy atom. The Morgan fingerprint density at radius 2 is 2.30 bits per heavy atom. The first-order valence-electron chi connectivity index (χ1n) is 7.07. The molecule has 1 aromatic carbocycles. The number of anilines is 1. The average Bonchev–Trinajstić information content (AvgIpc) is 2.88. The van der Waals surface area contributed by atoms with Gasteiger partial charge in [-0.2, -0.15) is 0 Å². The van der Waals surface area contributed by atoms with Crippen LogP contribution in [-0.4, -0.2) is 48.4 Å². The molecule has 2 N–H and O–H groups in total. The summed E-state index contributed by atoms with van der Waals surface area (Å²) >= 11 is 0. The van der Waals surface area contributed by atoms with Crippen molar-refractivity contribution in [3.63, 3.8) is 0 Å². The highest BCUT2D eigenvalue weighted by molar-refractivity contribution is 5.94. The molecule has 1 aliphatic heterocycles. The molecule has 20 heavy (non-hydrogen) atoms. The molecule has 0 aromatic heterocycles. The van der Waals surface area contributed by atoms with Gasteiger partial charge < -0.3 is 10.6 Å². The van der Waals surface area contributed by atoms with Crippen LogP contribution in [0.2, 0.25) is 0 Å². The minimum atomic E-state index is -0.541. The van der Waals surface area contributed by atoms with E-state index in [-0.39, 0.29) is 11.6 Å². The minimum Gasteiger partial charge on any atom is -0.396 e. The van der Waals surface area contributed by atoms with Crippen LogP contribution in [0.5, 0.6) is 0 Å². The predicted octanol–water partition coefficient (Wildman–Crippen LogP) is 1.96. The summed E-state index contributed by atoms with van der Waals surface area (Å²) in [7, 11) is 1.77. The summed E-state index contributed by atoms with van der Waals surface area (Å²) in [4.78, 5) is 16.3. The van der Waals surface area contributed by atoms with Crippen LogP contribution in [-0.2, 0) is 0 Å². The van der Waals surface area contributed by atoms with Gasteiger partial charge in [0.1, 0.15) is 5.82 Å². The maximum atomic E-state index is 13.4. The van der Waals surface area contributed by atoms with E-state index in [9.17, 15) is 9.18 Å². The number of likely N-dealkylation sites (N-methyl/N-ethyl adjacent to an activating group) is 2. The Morgan fingerprint density at radius 3 is 2.95 bits per heavy atom. The number of halogens is 1. The van der Waals surface area contributed by atoms with E-state index in [4.69, 9.17) is 5.73 Å². The molecule has 5 heteroatoms. The summed E-state index contributed by atoms with van der Waals surface area (Å²) < 4.78 is 13.4. The van der Waals surface area contributed by atoms with Gasteiger partial charge in [-0.25, -0.2) is 4.39 Å². The van der Waals surface area contributed by atoms with Crippen LogP contribution in [0.25, 0.3) is 0 Å². The molecule has 0 bridgehead atoms. The van der Waals surface area contributed by atoms with Crippen molar-refractivity contribution in [1.82, 2.24) is 9.80 Å². The zero-order valence-electron chi connectivity index (χ0n) is 12.1. The van der Waals surface area contributed by atoms with Crippen molar-refractivity contribution in [1.29, 1.82) is 0 Å². The lowest BCUT2D eigenvalue weighted by Gasteiger charge is -2.27. The Labute approximate surface area is 119 Å². The van der Waals surface area contributed by atoms with Crippen molar-refractivity contribution in [2.45, 2.75) is 25.8 Å². The molecule has 0 spiro atoms. The van der Waals surface area contributed by atoms with E-state index in [0.29, 0.717) is 18.2 Å². The second-order valence-corrected chi connectivity index (χ2v) is 5.35. The Hall–Kier alpha value is -1.62. The van der Waals surface area contributed by atoms with Crippen LogP contribution in [0.1, 0.15) is 30.1 Å². The molecule has 1 aromatic rings. The standard InChI is InChI=1S/C15H22FN3O/c1-3-19-8-4-5-12(19)10-18(2)15(20)11-6-7-14(17)13(16)9-11/h6-7,9,12H,3-5,8,10,17H2,1-2H3. The number of hydrogen-bond acceptors (Lipinski definition) is 3. The molecule has 1 unspecified atom stereocenters. The van der Waals surface area contributed by atoms with Crippen LogP contribution in [0, 0.1) is 5.82 Å². The molecule has 0 radical (unpaired) electrons. The fourth-order valence-electron chi connectivity index (χ4n) is 2.80. The number of hydrogen-bond donors (Lipinski definition) is 1. The lowest BCUT2D eigenvalue weighted by Crippen LogP contribution is -2.41. The summed E-state index contributed by atoms with van der Waals surface area (Å²) in [6, 6.07) is 4.63. The average molecular weight is 279 g/mol. The molecule has 110 valence electrons. The normalized spacial score (nSPS) is 19.2. The number of nitrogens with two attached hydrogens (primary N) is 1. The Bertz CT molecular complexity index is 492. The van der Waals surface area contributed by atoms with Crippen molar-refractivity contribution >= 4 is 11.6 Å². The van der Waals surface area contributed by atoms with Gasteiger partial charge in [0.05, 0.1) is 5.69 Å². The largest absolute Gasteiger partial charge is 0.396 e. The van der Waals surface area contributed by atoms with Crippen molar-refractivity contribution in [3.8, 4) is 0 Å². The molecule has 1 aliphatic rings. The van der Waals surface area contributed by atoms with Gasteiger partial charge in [0, 0.05) is 25.2 Å². The first kappa shape index (κ1) is 14.8. The quantitative estimate of drug-likeness (QED) is 0.857. The highest BCUT2D eigenvalue weighted by Gasteiger charge is 2.26. The van der Waals surface area contributed by atoms with Crippen molar-refractivity contribution in [3.05, 3.63) is 29.6 Å². The van der Waals surface area contributed by atoms with Crippen molar-refractivity contribution in [2.24, 2.45) is 0 Å². The number of nitrogens with zero attached hydrogens (tertiary/aromatic N) is 2. The zero-order valence-corrected chi connectivity index (χ0v) is 12.1. The molecule has 1 amide bonds. The molecular formula is C15H22FN3O. The van der Waals surface area contributed by atoms with Crippen molar-refractivity contribution < 1.29 is 9.18 Å². The van der Waals surface area contributed by atoms with Gasteiger partial charge in [-0.15, -0.1) is 0 Å². The number of rotatable bonds is 4. The third-order valence-electron chi connectivity index (χ3n) is 3.98. The first-order valence-corrected chi connectivity index (χ1v) is 7.07. The maximum Gasteiger partial charge on any atom is 0.253 e. The Balaban J connectivity index is 2.03. The smallest absolute Gasteiger partial charge is 0.253 e. The van der Waals surface area contributed by atoms with Crippen molar-refractivity contribution in [2.75, 3.05) is 32.4 Å². The minimum absolute atomic E-state index is 0.0668. The second kappa shape index (κ2) is 6.22. The molecule has 0 saturated carbocycles. The van der Waals surface area contributed by atoms with E-state index < -0.39 is 5.82 Å². The van der Waals surface area contributed by atoms with E-state index in [2.05, 4.69) is 11.8 Å². The first-order chi connectivity index (χ1) is 9.52. The number of carbonyl (C=O) groups excluding carboxylic acids is 1. The third-order valence-corrected chi connectivity index (χ3v) is 3.98. The predicted molar refractivity (Wildman–Crippen MR) is 78.0 cm³/mol. The van der Waals surface area contributed by atoms with Gasteiger partial charge in [0.15, 0.2) is 0 Å². The van der Waals surface area contributed by atoms with Gasteiger partial charge in [0.25, 0.3) is 5.91 Å². The number of likely N-dealkylation sites (tertiary alicyclic amines) is 1. The van der Waals surface area contributed by atoms with E-state index >= 15 is 0 Å². The lowest BCUT2D eigenvalue weighted by molar-refractivity contribution is 0.0754. The van der Waals surface area contributed by atoms with Crippen LogP contribution >= 0.6 is 0 Å². The van der Waals surface area contributed by atoms with E-state index in [1.807, 2.05) is 0 Å². The summed E-state index contributed by atoms with van der Waals surface area (Å²) in [6.45, 7) is 4.91. The van der Waals surface area contributed by atoms with E-state index in [0.717, 1.165) is 19.5 Å². The van der Waals surface area contributed by atoms with E-state index in [1.54, 1.807) is 18.0 Å². The van der Waals surface area contributed by atoms with Gasteiger partial charge in [0.2, 0.25) is 0 Å². The van der Waals surface area contributed by atoms with Gasteiger partial charge in [-0.3, -0.25) is 9.69 Å². The molecule has 1 heterocycles. The SMILES string of the molecule is CCN1CCCC1CN(C)C(=O)c1ccc(N)c(F)c1. The zero-order chi connectivity index (χ0) is 14.7. The maximum absolute atomic E-state index is 13.4. The molecule has 1 fully saturated rings. The second-order valence-electron chi connectivity index (χ2n) is 5.35. The molecule has 1 atom stereocenters. The monoisotopic (exact) mass is 279 g/mol. The van der Waals surface area contributed by atoms with Crippen LogP contribution in [0.15, 0.2) is 18.2 Å². The highest BCUT2D eigenvalue weighted by Crippen LogP contribution is 2.19. The number of benzene rings is 1. The van der Waals surface area contributed by atoms with Gasteiger partial charge in [-0.1, -0.05) is 6.92 Å². The lowest BCUT2D eigenvalue weighted by atomic mass is 10.1. The molecular weight excluding hydrogens is 257 g/mol. The molecule has 4 nitrogen and oxygen atoms in total. The summed E-state index contributed by atoms with van der Waals surface area (Å²) in [5.41, 5.74) is 5.84. The topological polar surface area (TPSA) is 49.6 Å². The Kier molecular flexibility index (Phi) is 4.60.